The van der Waals surface area contributed by atoms with Crippen LogP contribution in [0.4, 0.5) is 0 Å². The van der Waals surface area contributed by atoms with Crippen molar-refractivity contribution in [3.8, 4) is 6.07 Å². The summed E-state index contributed by atoms with van der Waals surface area (Å²) in [7, 11) is 0. The van der Waals surface area contributed by atoms with Crippen molar-refractivity contribution in [2.75, 3.05) is 0 Å². The Morgan fingerprint density at radius 1 is 1.48 bits per heavy atom. The molecule has 1 saturated carbocycles. The third kappa shape index (κ3) is 3.98. The lowest BCUT2D eigenvalue weighted by atomic mass is 10.1. The summed E-state index contributed by atoms with van der Waals surface area (Å²) in [5.74, 6) is 0.0387. The molecule has 1 aromatic rings. The van der Waals surface area contributed by atoms with Gasteiger partial charge in [0.1, 0.15) is 11.1 Å². The van der Waals surface area contributed by atoms with Gasteiger partial charge < -0.3 is 5.32 Å². The number of rotatable bonds is 4. The second kappa shape index (κ2) is 6.95. The summed E-state index contributed by atoms with van der Waals surface area (Å²) in [6, 6.07) is 4.41. The zero-order valence-corrected chi connectivity index (χ0v) is 13.6. The van der Waals surface area contributed by atoms with Gasteiger partial charge in [0, 0.05) is 11.7 Å². The van der Waals surface area contributed by atoms with Crippen LogP contribution < -0.4 is 5.32 Å². The van der Waals surface area contributed by atoms with Crippen LogP contribution in [0.25, 0.3) is 0 Å². The summed E-state index contributed by atoms with van der Waals surface area (Å²) in [5, 5.41) is 12.8. The molecule has 1 N–H and O–H groups in total. The molecule has 0 radical (unpaired) electrons. The molecule has 21 heavy (non-hydrogen) atoms. The van der Waals surface area contributed by atoms with Crippen LogP contribution >= 0.6 is 11.8 Å². The number of thioether (sulfide) groups is 1. The van der Waals surface area contributed by atoms with Gasteiger partial charge in [0.05, 0.1) is 10.8 Å². The molecule has 1 unspecified atom stereocenters. The number of aryl methyl sites for hydroxylation is 2. The normalized spacial score (nSPS) is 16.5. The van der Waals surface area contributed by atoms with Gasteiger partial charge in [-0.25, -0.2) is 4.98 Å². The molecule has 1 aliphatic rings. The number of nitrogens with zero attached hydrogens (tertiary/aromatic N) is 2. The molecule has 5 heteroatoms. The Morgan fingerprint density at radius 2 is 2.14 bits per heavy atom. The molecular weight excluding hydrogens is 282 g/mol. The predicted octanol–water partition coefficient (Wildman–Crippen LogP) is 3.11. The largest absolute Gasteiger partial charge is 0.352 e. The first-order chi connectivity index (χ1) is 10.0. The Kier molecular flexibility index (Phi) is 5.24. The molecule has 2 rings (SSSR count). The zero-order valence-electron chi connectivity index (χ0n) is 12.8. The zero-order chi connectivity index (χ0) is 15.4. The first kappa shape index (κ1) is 15.8. The number of nitrogens with one attached hydrogen (secondary N) is 1. The first-order valence-electron chi connectivity index (χ1n) is 7.36. The standard InChI is InChI=1S/C16H21N3OS/c1-10-8-11(2)18-16(14(10)9-17)21-12(3)15(20)19-13-6-4-5-7-13/h8,12-13H,4-7H2,1-3H3,(H,19,20). The van der Waals surface area contributed by atoms with Gasteiger partial charge in [-0.15, -0.1) is 0 Å². The summed E-state index contributed by atoms with van der Waals surface area (Å²) >= 11 is 1.37. The van der Waals surface area contributed by atoms with Crippen LogP contribution in [0.2, 0.25) is 0 Å². The van der Waals surface area contributed by atoms with Gasteiger partial charge in [-0.05, 0) is 45.2 Å². The van der Waals surface area contributed by atoms with Crippen molar-refractivity contribution in [3.05, 3.63) is 22.9 Å². The number of carbonyl (C=O) groups is 1. The first-order valence-corrected chi connectivity index (χ1v) is 8.24. The monoisotopic (exact) mass is 303 g/mol. The second-order valence-corrected chi connectivity index (χ2v) is 6.95. The maximum atomic E-state index is 12.2. The van der Waals surface area contributed by atoms with E-state index in [2.05, 4.69) is 16.4 Å². The predicted molar refractivity (Wildman–Crippen MR) is 84.1 cm³/mol. The number of pyridine rings is 1. The SMILES string of the molecule is Cc1cc(C)c(C#N)c(SC(C)C(=O)NC2CCCC2)n1. The third-order valence-electron chi connectivity index (χ3n) is 3.78. The number of carbonyl (C=O) groups excluding carboxylic acids is 1. The molecule has 1 amide bonds. The van der Waals surface area contributed by atoms with E-state index in [0.717, 1.165) is 24.1 Å². The van der Waals surface area contributed by atoms with E-state index < -0.39 is 0 Å². The highest BCUT2D eigenvalue weighted by atomic mass is 32.2. The van der Waals surface area contributed by atoms with E-state index in [1.54, 1.807) is 0 Å². The molecule has 0 bridgehead atoms. The molecule has 112 valence electrons. The maximum absolute atomic E-state index is 12.2. The Labute approximate surface area is 130 Å². The average molecular weight is 303 g/mol. The van der Waals surface area contributed by atoms with E-state index in [4.69, 9.17) is 0 Å². The van der Waals surface area contributed by atoms with Crippen molar-refractivity contribution in [2.45, 2.75) is 62.8 Å². The lowest BCUT2D eigenvalue weighted by molar-refractivity contribution is -0.120. The Bertz CT molecular complexity index is 574. The molecule has 1 heterocycles. The molecule has 0 spiro atoms. The quantitative estimate of drug-likeness (QED) is 0.868. The minimum atomic E-state index is -0.244. The van der Waals surface area contributed by atoms with Gasteiger partial charge in [-0.2, -0.15) is 5.26 Å². The van der Waals surface area contributed by atoms with Gasteiger partial charge in [0.25, 0.3) is 0 Å². The Hall–Kier alpha value is -1.54. The van der Waals surface area contributed by atoms with E-state index in [1.165, 1.54) is 24.6 Å². The van der Waals surface area contributed by atoms with Crippen molar-refractivity contribution in [1.82, 2.24) is 10.3 Å². The lowest BCUT2D eigenvalue weighted by Crippen LogP contribution is -2.37. The number of hydrogen-bond donors (Lipinski definition) is 1. The highest BCUT2D eigenvalue weighted by molar-refractivity contribution is 8.00. The van der Waals surface area contributed by atoms with Gasteiger partial charge in [0.15, 0.2) is 0 Å². The van der Waals surface area contributed by atoms with Gasteiger partial charge in [0.2, 0.25) is 5.91 Å². The van der Waals surface area contributed by atoms with Crippen molar-refractivity contribution in [3.63, 3.8) is 0 Å². The van der Waals surface area contributed by atoms with Crippen molar-refractivity contribution in [2.24, 2.45) is 0 Å². The Balaban J connectivity index is 2.06. The van der Waals surface area contributed by atoms with E-state index >= 15 is 0 Å². The molecule has 1 aromatic heterocycles. The van der Waals surface area contributed by atoms with E-state index in [9.17, 15) is 10.1 Å². The van der Waals surface area contributed by atoms with Crippen LogP contribution in [-0.4, -0.2) is 22.2 Å². The van der Waals surface area contributed by atoms with E-state index in [-0.39, 0.29) is 11.2 Å². The third-order valence-corrected chi connectivity index (χ3v) is 4.87. The highest BCUT2D eigenvalue weighted by Gasteiger charge is 2.23. The van der Waals surface area contributed by atoms with Crippen LogP contribution in [-0.2, 0) is 4.79 Å². The summed E-state index contributed by atoms with van der Waals surface area (Å²) < 4.78 is 0. The summed E-state index contributed by atoms with van der Waals surface area (Å²) in [6.07, 6.45) is 4.55. The maximum Gasteiger partial charge on any atom is 0.233 e. The number of amides is 1. The average Bonchev–Trinajstić information content (AvgIpc) is 2.91. The molecule has 1 aliphatic carbocycles. The smallest absolute Gasteiger partial charge is 0.233 e. The van der Waals surface area contributed by atoms with Crippen LogP contribution in [0, 0.1) is 25.2 Å². The van der Waals surface area contributed by atoms with Gasteiger partial charge in [-0.3, -0.25) is 4.79 Å². The Morgan fingerprint density at radius 3 is 2.76 bits per heavy atom. The highest BCUT2D eigenvalue weighted by Crippen LogP contribution is 2.28. The lowest BCUT2D eigenvalue weighted by Gasteiger charge is -2.17. The molecule has 4 nitrogen and oxygen atoms in total. The van der Waals surface area contributed by atoms with Gasteiger partial charge >= 0.3 is 0 Å². The molecular formula is C16H21N3OS. The van der Waals surface area contributed by atoms with Crippen molar-refractivity contribution >= 4 is 17.7 Å². The molecule has 0 aromatic carbocycles. The molecule has 0 aliphatic heterocycles. The summed E-state index contributed by atoms with van der Waals surface area (Å²) in [4.78, 5) is 16.6. The fraction of sp³-hybridized carbons (Fsp3) is 0.562. The van der Waals surface area contributed by atoms with Crippen LogP contribution in [0.15, 0.2) is 11.1 Å². The van der Waals surface area contributed by atoms with Crippen molar-refractivity contribution < 1.29 is 4.79 Å². The summed E-state index contributed by atoms with van der Waals surface area (Å²) in [6.45, 7) is 5.68. The fourth-order valence-electron chi connectivity index (χ4n) is 2.63. The number of hydrogen-bond acceptors (Lipinski definition) is 4. The topological polar surface area (TPSA) is 65.8 Å². The van der Waals surface area contributed by atoms with Gasteiger partial charge in [-0.1, -0.05) is 24.6 Å². The fourth-order valence-corrected chi connectivity index (χ4v) is 3.66. The van der Waals surface area contributed by atoms with Crippen LogP contribution in [0.3, 0.4) is 0 Å². The van der Waals surface area contributed by atoms with Crippen LogP contribution in [0.1, 0.15) is 49.4 Å². The number of aromatic nitrogens is 1. The molecule has 1 atom stereocenters. The van der Waals surface area contributed by atoms with Crippen molar-refractivity contribution in [1.29, 1.82) is 5.26 Å². The van der Waals surface area contributed by atoms with Crippen LogP contribution in [0.5, 0.6) is 0 Å². The molecule has 0 saturated heterocycles. The second-order valence-electron chi connectivity index (χ2n) is 5.62. The summed E-state index contributed by atoms with van der Waals surface area (Å²) in [5.41, 5.74) is 2.36. The minimum Gasteiger partial charge on any atom is -0.352 e. The van der Waals surface area contributed by atoms with E-state index in [0.29, 0.717) is 16.6 Å². The number of nitriles is 1. The van der Waals surface area contributed by atoms with E-state index in [1.807, 2.05) is 26.8 Å². The molecule has 1 fully saturated rings. The minimum absolute atomic E-state index is 0.0387.